The molecule has 2 aliphatic rings. The minimum atomic E-state index is -0.853. The number of likely N-dealkylation sites (tertiary alicyclic amines) is 1. The molecule has 0 spiro atoms. The number of hydrogen-bond donors (Lipinski definition) is 2. The van der Waals surface area contributed by atoms with Gasteiger partial charge in [0, 0.05) is 38.2 Å². The average molecular weight is 521 g/mol. The highest BCUT2D eigenvalue weighted by Gasteiger charge is 2.48. The monoisotopic (exact) mass is 520 g/mol. The van der Waals surface area contributed by atoms with E-state index in [-0.39, 0.29) is 37.8 Å². The highest BCUT2D eigenvalue weighted by Crippen LogP contribution is 2.47. The van der Waals surface area contributed by atoms with Crippen LogP contribution in [0, 0.1) is 11.8 Å². The summed E-state index contributed by atoms with van der Waals surface area (Å²) in [7, 11) is 1.56. The van der Waals surface area contributed by atoms with Crippen molar-refractivity contribution in [3.05, 3.63) is 17.7 Å². The lowest BCUT2D eigenvalue weighted by molar-refractivity contribution is -0.144. The molecule has 0 aliphatic carbocycles. The number of fused-ring (bicyclic) bond motifs is 1. The Morgan fingerprint density at radius 3 is 2.59 bits per heavy atom. The maximum atomic E-state index is 13.4. The van der Waals surface area contributed by atoms with Crippen LogP contribution in [0.3, 0.4) is 0 Å². The van der Waals surface area contributed by atoms with Crippen molar-refractivity contribution in [1.29, 1.82) is 0 Å². The van der Waals surface area contributed by atoms with Crippen LogP contribution in [0.25, 0.3) is 0 Å². The molecule has 0 saturated carbocycles. The number of unbranched alkanes of at least 4 members (excludes halogenated alkanes) is 1. The number of aliphatic hydroxyl groups excluding tert-OH is 1. The number of carbonyl (C=O) groups is 2. The van der Waals surface area contributed by atoms with Crippen molar-refractivity contribution in [3.63, 3.8) is 0 Å². The predicted octanol–water partition coefficient (Wildman–Crippen LogP) is 3.73. The molecule has 4 atom stereocenters. The number of carboxylic acids is 1. The normalized spacial score (nSPS) is 21.7. The van der Waals surface area contributed by atoms with Crippen molar-refractivity contribution in [2.45, 2.75) is 71.3 Å². The second-order valence-electron chi connectivity index (χ2n) is 10.4. The SMILES string of the molecule is CCCCN(CCCO)C(=O)CN1CC(c2cc(OC)c3c(c2)OCO3)C(C(=O)O)C1CC(C)CCC. The number of rotatable bonds is 15. The van der Waals surface area contributed by atoms with Crippen LogP contribution in [0.1, 0.15) is 70.8 Å². The molecule has 4 unspecified atom stereocenters. The number of aliphatic carboxylic acids is 1. The molecular weight excluding hydrogens is 476 g/mol. The lowest BCUT2D eigenvalue weighted by Crippen LogP contribution is -2.45. The first-order valence-corrected chi connectivity index (χ1v) is 13.7. The lowest BCUT2D eigenvalue weighted by atomic mass is 9.81. The van der Waals surface area contributed by atoms with Gasteiger partial charge in [-0.05, 0) is 42.9 Å². The van der Waals surface area contributed by atoms with Crippen LogP contribution in [0.15, 0.2) is 12.1 Å². The van der Waals surface area contributed by atoms with Crippen molar-refractivity contribution in [2.24, 2.45) is 11.8 Å². The first-order valence-electron chi connectivity index (χ1n) is 13.7. The summed E-state index contributed by atoms with van der Waals surface area (Å²) < 4.78 is 16.7. The van der Waals surface area contributed by atoms with Gasteiger partial charge in [-0.15, -0.1) is 0 Å². The van der Waals surface area contributed by atoms with Crippen LogP contribution in [0.2, 0.25) is 0 Å². The molecule has 3 rings (SSSR count). The molecule has 37 heavy (non-hydrogen) atoms. The third kappa shape index (κ3) is 7.08. The molecule has 1 amide bonds. The van der Waals surface area contributed by atoms with E-state index < -0.39 is 11.9 Å². The summed E-state index contributed by atoms with van der Waals surface area (Å²) in [6.45, 7) is 8.28. The predicted molar refractivity (Wildman–Crippen MR) is 140 cm³/mol. The zero-order chi connectivity index (χ0) is 26.9. The Morgan fingerprint density at radius 2 is 1.95 bits per heavy atom. The van der Waals surface area contributed by atoms with E-state index in [4.69, 9.17) is 14.2 Å². The van der Waals surface area contributed by atoms with Gasteiger partial charge in [-0.2, -0.15) is 0 Å². The second-order valence-corrected chi connectivity index (χ2v) is 10.4. The van der Waals surface area contributed by atoms with Gasteiger partial charge in [0.25, 0.3) is 0 Å². The number of hydrogen-bond acceptors (Lipinski definition) is 7. The van der Waals surface area contributed by atoms with E-state index in [1.165, 1.54) is 0 Å². The Morgan fingerprint density at radius 1 is 1.19 bits per heavy atom. The summed E-state index contributed by atoms with van der Waals surface area (Å²) in [5.74, 6) is 0.0917. The van der Waals surface area contributed by atoms with E-state index in [9.17, 15) is 19.8 Å². The van der Waals surface area contributed by atoms with Crippen LogP contribution in [-0.4, -0.2) is 84.6 Å². The maximum absolute atomic E-state index is 13.4. The fourth-order valence-corrected chi connectivity index (χ4v) is 5.76. The molecule has 0 radical (unpaired) electrons. The molecule has 2 N–H and O–H groups in total. The third-order valence-corrected chi connectivity index (χ3v) is 7.63. The molecule has 208 valence electrons. The number of methoxy groups -OCH3 is 1. The Labute approximate surface area is 220 Å². The first-order chi connectivity index (χ1) is 17.8. The molecule has 1 fully saturated rings. The van der Waals surface area contributed by atoms with Gasteiger partial charge in [0.1, 0.15) is 0 Å². The highest BCUT2D eigenvalue weighted by molar-refractivity contribution is 5.79. The fourth-order valence-electron chi connectivity index (χ4n) is 5.76. The van der Waals surface area contributed by atoms with E-state index in [1.807, 2.05) is 17.0 Å². The summed E-state index contributed by atoms with van der Waals surface area (Å²) in [6.07, 6.45) is 5.14. The molecule has 1 aromatic rings. The van der Waals surface area contributed by atoms with E-state index in [0.29, 0.717) is 55.6 Å². The molecule has 2 aliphatic heterocycles. The van der Waals surface area contributed by atoms with Crippen LogP contribution in [-0.2, 0) is 9.59 Å². The van der Waals surface area contributed by atoms with Crippen molar-refractivity contribution in [3.8, 4) is 17.2 Å². The Kier molecular flexibility index (Phi) is 10.9. The number of ether oxygens (including phenoxy) is 3. The minimum absolute atomic E-state index is 0.0110. The van der Waals surface area contributed by atoms with Gasteiger partial charge < -0.3 is 29.3 Å². The lowest BCUT2D eigenvalue weighted by Gasteiger charge is -2.31. The van der Waals surface area contributed by atoms with Crippen molar-refractivity contribution in [2.75, 3.05) is 46.7 Å². The van der Waals surface area contributed by atoms with Gasteiger partial charge in [-0.1, -0.05) is 40.0 Å². The van der Waals surface area contributed by atoms with Gasteiger partial charge in [0.2, 0.25) is 18.4 Å². The molecular formula is C28H44N2O7. The Balaban J connectivity index is 1.92. The average Bonchev–Trinajstić information content (AvgIpc) is 3.48. The zero-order valence-electron chi connectivity index (χ0n) is 22.8. The summed E-state index contributed by atoms with van der Waals surface area (Å²) >= 11 is 0. The quantitative estimate of drug-likeness (QED) is 0.360. The van der Waals surface area contributed by atoms with Gasteiger partial charge in [0.05, 0.1) is 19.6 Å². The van der Waals surface area contributed by atoms with Crippen LogP contribution in [0.4, 0.5) is 0 Å². The molecule has 2 heterocycles. The highest BCUT2D eigenvalue weighted by atomic mass is 16.7. The first kappa shape index (κ1) is 29.0. The van der Waals surface area contributed by atoms with Crippen LogP contribution >= 0.6 is 0 Å². The van der Waals surface area contributed by atoms with Gasteiger partial charge >= 0.3 is 5.97 Å². The van der Waals surface area contributed by atoms with E-state index in [2.05, 4.69) is 25.7 Å². The smallest absolute Gasteiger partial charge is 0.308 e. The van der Waals surface area contributed by atoms with E-state index in [1.54, 1.807) is 7.11 Å². The van der Waals surface area contributed by atoms with Crippen molar-refractivity contribution in [1.82, 2.24) is 9.80 Å². The van der Waals surface area contributed by atoms with Crippen molar-refractivity contribution < 1.29 is 34.0 Å². The second kappa shape index (κ2) is 13.9. The van der Waals surface area contributed by atoms with Crippen molar-refractivity contribution >= 4 is 11.9 Å². The van der Waals surface area contributed by atoms with E-state index in [0.717, 1.165) is 31.2 Å². The summed E-state index contributed by atoms with van der Waals surface area (Å²) in [5, 5.41) is 19.8. The molecule has 9 nitrogen and oxygen atoms in total. The number of amides is 1. The molecule has 0 aromatic heterocycles. The fraction of sp³-hybridized carbons (Fsp3) is 0.714. The molecule has 1 saturated heterocycles. The minimum Gasteiger partial charge on any atom is -0.493 e. The standard InChI is InChI=1S/C28H44N2O7/c1-5-7-10-29(11-8-12-31)25(32)17-30-16-21(26(28(33)34)22(30)13-19(3)9-6-2)20-14-23(35-4)27-24(15-20)36-18-37-27/h14-15,19,21-22,26,31H,5-13,16-18H2,1-4H3,(H,33,34). The summed E-state index contributed by atoms with van der Waals surface area (Å²) in [5.41, 5.74) is 0.819. The Hall–Kier alpha value is -2.52. The number of aliphatic hydroxyl groups is 1. The zero-order valence-corrected chi connectivity index (χ0v) is 22.8. The number of carboxylic acid groups (broad SMARTS) is 1. The number of carbonyl (C=O) groups excluding carboxylic acids is 1. The van der Waals surface area contributed by atoms with E-state index >= 15 is 0 Å². The molecule has 1 aromatic carbocycles. The largest absolute Gasteiger partial charge is 0.493 e. The summed E-state index contributed by atoms with van der Waals surface area (Å²) in [4.78, 5) is 30.1. The van der Waals surface area contributed by atoms with Crippen LogP contribution < -0.4 is 14.2 Å². The third-order valence-electron chi connectivity index (χ3n) is 7.63. The number of benzene rings is 1. The van der Waals surface area contributed by atoms with Gasteiger partial charge in [-0.3, -0.25) is 14.5 Å². The van der Waals surface area contributed by atoms with Gasteiger partial charge in [-0.25, -0.2) is 0 Å². The molecule has 0 bridgehead atoms. The van der Waals surface area contributed by atoms with Crippen LogP contribution in [0.5, 0.6) is 17.2 Å². The Bertz CT molecular complexity index is 901. The number of nitrogens with zero attached hydrogens (tertiary/aromatic N) is 2. The topological polar surface area (TPSA) is 109 Å². The van der Waals surface area contributed by atoms with Gasteiger partial charge in [0.15, 0.2) is 11.5 Å². The summed E-state index contributed by atoms with van der Waals surface area (Å²) in [6, 6.07) is 3.44. The maximum Gasteiger partial charge on any atom is 0.308 e. The molecule has 9 heteroatoms.